The van der Waals surface area contributed by atoms with Crippen LogP contribution in [-0.2, 0) is 0 Å². The summed E-state index contributed by atoms with van der Waals surface area (Å²) < 4.78 is 4.71. The zero-order valence-corrected chi connectivity index (χ0v) is 10.5. The summed E-state index contributed by atoms with van der Waals surface area (Å²) in [7, 11) is 0. The summed E-state index contributed by atoms with van der Waals surface area (Å²) in [6, 6.07) is 7.87. The fourth-order valence-corrected chi connectivity index (χ4v) is 1.63. The summed E-state index contributed by atoms with van der Waals surface area (Å²) in [6.45, 7) is 4.07. The zero-order valence-electron chi connectivity index (χ0n) is 9.65. The molecular formula is C12H13N3OS. The van der Waals surface area contributed by atoms with Crippen LogP contribution in [0.2, 0.25) is 0 Å². The highest BCUT2D eigenvalue weighted by molar-refractivity contribution is 7.80. The van der Waals surface area contributed by atoms with Crippen LogP contribution in [0.5, 0.6) is 0 Å². The molecule has 0 saturated carbocycles. The van der Waals surface area contributed by atoms with Crippen molar-refractivity contribution in [3.05, 3.63) is 41.7 Å². The monoisotopic (exact) mass is 247 g/mol. The second-order valence-corrected chi connectivity index (χ2v) is 4.19. The molecule has 0 unspecified atom stereocenters. The quantitative estimate of drug-likeness (QED) is 0.799. The molecule has 2 rings (SSSR count). The van der Waals surface area contributed by atoms with Gasteiger partial charge in [-0.3, -0.25) is 0 Å². The second kappa shape index (κ2) is 4.97. The maximum atomic E-state index is 5.18. The molecule has 4 nitrogen and oxygen atoms in total. The minimum Gasteiger partial charge on any atom is -0.363 e. The molecule has 0 bridgehead atoms. The van der Waals surface area contributed by atoms with E-state index in [0.29, 0.717) is 10.9 Å². The Balaban J connectivity index is 2.05. The van der Waals surface area contributed by atoms with Gasteiger partial charge in [-0.1, -0.05) is 17.3 Å². The van der Waals surface area contributed by atoms with Crippen molar-refractivity contribution in [3.8, 4) is 0 Å². The molecule has 0 aliphatic rings. The van der Waals surface area contributed by atoms with Crippen LogP contribution in [0, 0.1) is 13.8 Å². The van der Waals surface area contributed by atoms with E-state index in [1.807, 2.05) is 19.9 Å². The maximum absolute atomic E-state index is 5.18. The Bertz CT molecular complexity index is 523. The van der Waals surface area contributed by atoms with Gasteiger partial charge in [0.25, 0.3) is 0 Å². The van der Waals surface area contributed by atoms with Gasteiger partial charge in [-0.25, -0.2) is 0 Å². The summed E-state index contributed by atoms with van der Waals surface area (Å²) in [5.41, 5.74) is 3.31. The van der Waals surface area contributed by atoms with E-state index in [1.54, 1.807) is 6.07 Å². The molecule has 0 spiro atoms. The van der Waals surface area contributed by atoms with Gasteiger partial charge in [0, 0.05) is 11.8 Å². The first kappa shape index (κ1) is 11.6. The van der Waals surface area contributed by atoms with Crippen LogP contribution in [0.4, 0.5) is 11.5 Å². The van der Waals surface area contributed by atoms with Gasteiger partial charge < -0.3 is 15.2 Å². The average Bonchev–Trinajstić information content (AvgIpc) is 2.76. The first-order valence-electron chi connectivity index (χ1n) is 5.21. The lowest BCUT2D eigenvalue weighted by Gasteiger charge is -2.11. The van der Waals surface area contributed by atoms with E-state index in [4.69, 9.17) is 16.7 Å². The van der Waals surface area contributed by atoms with Crippen LogP contribution in [0.3, 0.4) is 0 Å². The first-order valence-corrected chi connectivity index (χ1v) is 5.61. The van der Waals surface area contributed by atoms with E-state index in [1.165, 1.54) is 11.8 Å². The number of aromatic nitrogens is 1. The predicted molar refractivity (Wildman–Crippen MR) is 72.3 cm³/mol. The highest BCUT2D eigenvalue weighted by atomic mass is 32.1. The number of aryl methyl sites for hydroxylation is 2. The molecule has 0 fully saturated rings. The number of hydrogen-bond acceptors (Lipinski definition) is 3. The van der Waals surface area contributed by atoms with Gasteiger partial charge in [0.1, 0.15) is 6.26 Å². The van der Waals surface area contributed by atoms with Crippen molar-refractivity contribution in [1.82, 2.24) is 5.16 Å². The van der Waals surface area contributed by atoms with Crippen LogP contribution in [0.1, 0.15) is 11.1 Å². The van der Waals surface area contributed by atoms with Gasteiger partial charge in [0.2, 0.25) is 0 Å². The van der Waals surface area contributed by atoms with Crippen molar-refractivity contribution in [2.45, 2.75) is 13.8 Å². The fourth-order valence-electron chi connectivity index (χ4n) is 1.42. The summed E-state index contributed by atoms with van der Waals surface area (Å²) in [6.07, 6.45) is 1.49. The zero-order chi connectivity index (χ0) is 12.3. The van der Waals surface area contributed by atoms with Gasteiger partial charge in [-0.2, -0.15) is 0 Å². The van der Waals surface area contributed by atoms with Gasteiger partial charge in [0.05, 0.1) is 0 Å². The SMILES string of the molecule is Cc1ccc(C)c(NC(=S)Nc2ccon2)c1. The van der Waals surface area contributed by atoms with E-state index >= 15 is 0 Å². The molecule has 0 radical (unpaired) electrons. The molecular weight excluding hydrogens is 234 g/mol. The molecule has 2 aromatic rings. The van der Waals surface area contributed by atoms with Crippen molar-refractivity contribution in [1.29, 1.82) is 0 Å². The van der Waals surface area contributed by atoms with Crippen molar-refractivity contribution in [2.75, 3.05) is 10.6 Å². The largest absolute Gasteiger partial charge is 0.363 e. The normalized spacial score (nSPS) is 10.0. The van der Waals surface area contributed by atoms with E-state index in [2.05, 4.69) is 27.9 Å². The highest BCUT2D eigenvalue weighted by Crippen LogP contribution is 2.16. The van der Waals surface area contributed by atoms with Crippen LogP contribution in [0.25, 0.3) is 0 Å². The molecule has 0 atom stereocenters. The summed E-state index contributed by atoms with van der Waals surface area (Å²) in [5.74, 6) is 0.591. The van der Waals surface area contributed by atoms with Crippen LogP contribution in [0.15, 0.2) is 35.1 Å². The average molecular weight is 247 g/mol. The van der Waals surface area contributed by atoms with Gasteiger partial charge in [0.15, 0.2) is 10.9 Å². The van der Waals surface area contributed by atoms with Crippen molar-refractivity contribution < 1.29 is 4.52 Å². The smallest absolute Gasteiger partial charge is 0.176 e. The van der Waals surface area contributed by atoms with Crippen molar-refractivity contribution in [2.24, 2.45) is 0 Å². The number of benzene rings is 1. The Kier molecular flexibility index (Phi) is 3.39. The highest BCUT2D eigenvalue weighted by Gasteiger charge is 2.03. The molecule has 0 amide bonds. The van der Waals surface area contributed by atoms with Gasteiger partial charge in [-0.15, -0.1) is 0 Å². The number of thiocarbonyl (C=S) groups is 1. The van der Waals surface area contributed by atoms with E-state index < -0.39 is 0 Å². The fraction of sp³-hybridized carbons (Fsp3) is 0.167. The van der Waals surface area contributed by atoms with E-state index in [0.717, 1.165) is 11.3 Å². The molecule has 2 N–H and O–H groups in total. The number of rotatable bonds is 2. The molecule has 0 aliphatic heterocycles. The lowest BCUT2D eigenvalue weighted by Crippen LogP contribution is -2.19. The molecule has 88 valence electrons. The minimum absolute atomic E-state index is 0.493. The Hall–Kier alpha value is -1.88. The van der Waals surface area contributed by atoms with Gasteiger partial charge in [-0.05, 0) is 43.3 Å². The van der Waals surface area contributed by atoms with Crippen LogP contribution in [-0.4, -0.2) is 10.3 Å². The molecule has 1 heterocycles. The molecule has 0 aliphatic carbocycles. The van der Waals surface area contributed by atoms with E-state index in [9.17, 15) is 0 Å². The molecule has 1 aromatic carbocycles. The summed E-state index contributed by atoms with van der Waals surface area (Å²) in [5, 5.41) is 10.3. The number of hydrogen-bond donors (Lipinski definition) is 2. The lowest BCUT2D eigenvalue weighted by molar-refractivity contribution is 0.423. The Morgan fingerprint density at radius 1 is 1.24 bits per heavy atom. The first-order chi connectivity index (χ1) is 8.15. The second-order valence-electron chi connectivity index (χ2n) is 3.78. The summed E-state index contributed by atoms with van der Waals surface area (Å²) >= 11 is 5.18. The standard InChI is InChI=1S/C12H13N3OS/c1-8-3-4-9(2)10(7-8)13-12(17)14-11-5-6-16-15-11/h3-7H,1-2H3,(H2,13,14,15,17). The predicted octanol–water partition coefficient (Wildman–Crippen LogP) is 3.10. The molecule has 0 saturated heterocycles. The number of nitrogens with zero attached hydrogens (tertiary/aromatic N) is 1. The molecule has 5 heteroatoms. The molecule has 1 aromatic heterocycles. The van der Waals surface area contributed by atoms with Crippen molar-refractivity contribution >= 4 is 28.8 Å². The topological polar surface area (TPSA) is 50.1 Å². The molecule has 17 heavy (non-hydrogen) atoms. The van der Waals surface area contributed by atoms with Crippen LogP contribution >= 0.6 is 12.2 Å². The van der Waals surface area contributed by atoms with Crippen LogP contribution < -0.4 is 10.6 Å². The third-order valence-electron chi connectivity index (χ3n) is 2.32. The maximum Gasteiger partial charge on any atom is 0.176 e. The number of nitrogens with one attached hydrogen (secondary N) is 2. The Morgan fingerprint density at radius 2 is 2.06 bits per heavy atom. The van der Waals surface area contributed by atoms with Crippen molar-refractivity contribution in [3.63, 3.8) is 0 Å². The third-order valence-corrected chi connectivity index (χ3v) is 2.52. The third kappa shape index (κ3) is 3.04. The minimum atomic E-state index is 0.493. The number of anilines is 2. The Labute approximate surface area is 105 Å². The lowest BCUT2D eigenvalue weighted by atomic mass is 10.1. The Morgan fingerprint density at radius 3 is 2.76 bits per heavy atom. The van der Waals surface area contributed by atoms with Gasteiger partial charge >= 0.3 is 0 Å². The summed E-state index contributed by atoms with van der Waals surface area (Å²) in [4.78, 5) is 0. The van der Waals surface area contributed by atoms with E-state index in [-0.39, 0.29) is 0 Å².